The average molecular weight is 439 g/mol. The van der Waals surface area contributed by atoms with Crippen molar-refractivity contribution in [3.8, 4) is 0 Å². The van der Waals surface area contributed by atoms with Gasteiger partial charge in [-0.3, -0.25) is 0 Å². The van der Waals surface area contributed by atoms with Crippen molar-refractivity contribution in [2.75, 3.05) is 12.9 Å². The van der Waals surface area contributed by atoms with Crippen LogP contribution in [0.4, 0.5) is 0 Å². The number of hydrogen-bond acceptors (Lipinski definition) is 5. The largest absolute Gasteiger partial charge is 0.395 e. The van der Waals surface area contributed by atoms with E-state index in [2.05, 4.69) is 36.6 Å². The van der Waals surface area contributed by atoms with Crippen molar-refractivity contribution < 1.29 is 13.5 Å². The number of aliphatic hydroxyl groups excluding tert-OH is 1. The minimum absolute atomic E-state index is 0.0701. The van der Waals surface area contributed by atoms with E-state index in [1.165, 1.54) is 23.1 Å². The second-order valence-corrected chi connectivity index (χ2v) is 10.1. The number of thioether (sulfide) groups is 1. The van der Waals surface area contributed by atoms with Gasteiger partial charge in [-0.25, -0.2) is 13.1 Å². The SMILES string of the molecule is CSC(CO)C(C)NS(=O)(=O)c1cc(Br)sc1Br. The first kappa shape index (κ1) is 16.9. The molecular weight excluding hydrogens is 426 g/mol. The molecule has 0 amide bonds. The highest BCUT2D eigenvalue weighted by Gasteiger charge is 2.25. The first-order chi connectivity index (χ1) is 8.31. The Hall–Kier alpha value is 0.880. The van der Waals surface area contributed by atoms with Gasteiger partial charge in [0.2, 0.25) is 10.0 Å². The molecule has 104 valence electrons. The minimum atomic E-state index is -3.58. The molecule has 0 aliphatic heterocycles. The molecule has 18 heavy (non-hydrogen) atoms. The lowest BCUT2D eigenvalue weighted by Crippen LogP contribution is -2.41. The van der Waals surface area contributed by atoms with Crippen molar-refractivity contribution in [2.24, 2.45) is 0 Å². The molecule has 1 aromatic heterocycles. The van der Waals surface area contributed by atoms with Crippen LogP contribution in [-0.2, 0) is 10.0 Å². The average Bonchev–Trinajstić information content (AvgIpc) is 2.59. The number of halogens is 2. The fraction of sp³-hybridized carbons (Fsp3) is 0.556. The number of nitrogens with one attached hydrogen (secondary N) is 1. The first-order valence-corrected chi connectivity index (χ1v) is 10.1. The van der Waals surface area contributed by atoms with Crippen molar-refractivity contribution in [2.45, 2.75) is 23.1 Å². The Morgan fingerprint density at radius 1 is 1.56 bits per heavy atom. The number of aliphatic hydroxyl groups is 1. The highest BCUT2D eigenvalue weighted by Crippen LogP contribution is 2.34. The smallest absolute Gasteiger partial charge is 0.242 e. The molecule has 0 aliphatic rings. The Morgan fingerprint density at radius 2 is 2.17 bits per heavy atom. The maximum absolute atomic E-state index is 12.2. The molecule has 2 unspecified atom stereocenters. The summed E-state index contributed by atoms with van der Waals surface area (Å²) in [5.74, 6) is 0. The van der Waals surface area contributed by atoms with E-state index < -0.39 is 10.0 Å². The zero-order chi connectivity index (χ0) is 13.9. The van der Waals surface area contributed by atoms with Crippen LogP contribution in [0.1, 0.15) is 6.92 Å². The molecular formula is C9H13Br2NO3S3. The van der Waals surface area contributed by atoms with Gasteiger partial charge >= 0.3 is 0 Å². The summed E-state index contributed by atoms with van der Waals surface area (Å²) < 4.78 is 28.2. The lowest BCUT2D eigenvalue weighted by Gasteiger charge is -2.20. The minimum Gasteiger partial charge on any atom is -0.395 e. The van der Waals surface area contributed by atoms with Crippen molar-refractivity contribution in [3.05, 3.63) is 13.6 Å². The maximum atomic E-state index is 12.2. The number of rotatable bonds is 6. The van der Waals surface area contributed by atoms with Gasteiger partial charge < -0.3 is 5.11 Å². The van der Waals surface area contributed by atoms with E-state index in [1.54, 1.807) is 13.0 Å². The molecule has 0 bridgehead atoms. The third-order valence-corrected chi connectivity index (χ3v) is 7.77. The Kier molecular flexibility index (Phi) is 6.63. The maximum Gasteiger partial charge on any atom is 0.242 e. The summed E-state index contributed by atoms with van der Waals surface area (Å²) in [4.78, 5) is 0.212. The van der Waals surface area contributed by atoms with Crippen LogP contribution in [0.3, 0.4) is 0 Å². The quantitative estimate of drug-likeness (QED) is 0.716. The van der Waals surface area contributed by atoms with E-state index in [4.69, 9.17) is 5.11 Å². The van der Waals surface area contributed by atoms with Crippen LogP contribution in [-0.4, -0.2) is 37.7 Å². The standard InChI is InChI=1S/C9H13Br2NO3S3/c1-5(6(4-13)16-2)12-18(14,15)7-3-8(10)17-9(7)11/h3,5-6,12-13H,4H2,1-2H3. The molecule has 9 heteroatoms. The molecule has 2 atom stereocenters. The van der Waals surface area contributed by atoms with E-state index in [9.17, 15) is 8.42 Å². The predicted molar refractivity (Wildman–Crippen MR) is 83.9 cm³/mol. The Balaban J connectivity index is 2.92. The van der Waals surface area contributed by atoms with Crippen LogP contribution in [0.5, 0.6) is 0 Å². The van der Waals surface area contributed by atoms with Gasteiger partial charge in [0.1, 0.15) is 4.90 Å². The van der Waals surface area contributed by atoms with Gasteiger partial charge in [-0.1, -0.05) is 0 Å². The first-order valence-electron chi connectivity index (χ1n) is 4.92. The summed E-state index contributed by atoms with van der Waals surface area (Å²) in [5, 5.41) is 8.99. The zero-order valence-corrected chi connectivity index (χ0v) is 15.3. The third kappa shape index (κ3) is 4.19. The topological polar surface area (TPSA) is 66.4 Å². The van der Waals surface area contributed by atoms with Crippen molar-refractivity contribution in [1.82, 2.24) is 4.72 Å². The van der Waals surface area contributed by atoms with Crippen LogP contribution in [0.25, 0.3) is 0 Å². The van der Waals surface area contributed by atoms with Crippen LogP contribution in [0.2, 0.25) is 0 Å². The summed E-state index contributed by atoms with van der Waals surface area (Å²) in [7, 11) is -3.58. The van der Waals surface area contributed by atoms with E-state index >= 15 is 0 Å². The fourth-order valence-corrected chi connectivity index (χ4v) is 7.14. The molecule has 0 radical (unpaired) electrons. The molecule has 0 fully saturated rings. The lowest BCUT2D eigenvalue weighted by atomic mass is 10.3. The molecule has 0 saturated heterocycles. The normalized spacial score (nSPS) is 15.6. The van der Waals surface area contributed by atoms with Gasteiger partial charge in [0.15, 0.2) is 0 Å². The van der Waals surface area contributed by atoms with Crippen molar-refractivity contribution >= 4 is 65.0 Å². The van der Waals surface area contributed by atoms with Crippen LogP contribution < -0.4 is 4.72 Å². The molecule has 0 aromatic carbocycles. The summed E-state index contributed by atoms with van der Waals surface area (Å²) in [5.41, 5.74) is 0. The Morgan fingerprint density at radius 3 is 2.56 bits per heavy atom. The van der Waals surface area contributed by atoms with Crippen LogP contribution in [0.15, 0.2) is 18.5 Å². The van der Waals surface area contributed by atoms with Gasteiger partial charge in [0.25, 0.3) is 0 Å². The molecule has 2 N–H and O–H groups in total. The van der Waals surface area contributed by atoms with Gasteiger partial charge in [-0.15, -0.1) is 11.3 Å². The fourth-order valence-electron chi connectivity index (χ4n) is 1.33. The van der Waals surface area contributed by atoms with E-state index in [0.717, 1.165) is 3.79 Å². The second-order valence-electron chi connectivity index (χ2n) is 3.56. The Bertz CT molecular complexity index is 499. The number of hydrogen-bond donors (Lipinski definition) is 2. The molecule has 1 rings (SSSR count). The number of thiophene rings is 1. The highest BCUT2D eigenvalue weighted by molar-refractivity contribution is 9.12. The van der Waals surface area contributed by atoms with Crippen molar-refractivity contribution in [3.63, 3.8) is 0 Å². The monoisotopic (exact) mass is 437 g/mol. The van der Waals surface area contributed by atoms with E-state index in [0.29, 0.717) is 3.79 Å². The van der Waals surface area contributed by atoms with Gasteiger partial charge in [0, 0.05) is 11.3 Å². The molecule has 4 nitrogen and oxygen atoms in total. The predicted octanol–water partition coefficient (Wildman–Crippen LogP) is 2.66. The zero-order valence-electron chi connectivity index (χ0n) is 9.68. The second kappa shape index (κ2) is 7.05. The highest BCUT2D eigenvalue weighted by atomic mass is 79.9. The molecule has 0 saturated carbocycles. The Labute approximate surface area is 132 Å². The van der Waals surface area contributed by atoms with Gasteiger partial charge in [-0.05, 0) is 51.1 Å². The van der Waals surface area contributed by atoms with E-state index in [-0.39, 0.29) is 22.8 Å². The van der Waals surface area contributed by atoms with Gasteiger partial charge in [-0.2, -0.15) is 11.8 Å². The summed E-state index contributed by atoms with van der Waals surface area (Å²) in [6.45, 7) is 1.67. The van der Waals surface area contributed by atoms with Crippen molar-refractivity contribution in [1.29, 1.82) is 0 Å². The van der Waals surface area contributed by atoms with Crippen LogP contribution in [0, 0.1) is 0 Å². The van der Waals surface area contributed by atoms with E-state index in [1.807, 2.05) is 6.26 Å². The van der Waals surface area contributed by atoms with Gasteiger partial charge in [0.05, 0.1) is 14.2 Å². The summed E-state index contributed by atoms with van der Waals surface area (Å²) in [6.07, 6.45) is 1.84. The number of sulfonamides is 1. The molecule has 1 heterocycles. The van der Waals surface area contributed by atoms with Crippen LogP contribution >= 0.6 is 55.0 Å². The third-order valence-electron chi connectivity index (χ3n) is 2.30. The summed E-state index contributed by atoms with van der Waals surface area (Å²) in [6, 6.07) is 1.21. The molecule has 1 aromatic rings. The summed E-state index contributed by atoms with van der Waals surface area (Å²) >= 11 is 9.21. The lowest BCUT2D eigenvalue weighted by molar-refractivity contribution is 0.282. The molecule has 0 spiro atoms. The molecule has 0 aliphatic carbocycles.